The molecular formula is C21H17FN6O. The number of benzene rings is 2. The number of carbonyl (C=O) groups is 1. The lowest BCUT2D eigenvalue weighted by molar-refractivity contribution is 0.102. The second-order valence-electron chi connectivity index (χ2n) is 6.23. The molecule has 2 heterocycles. The summed E-state index contributed by atoms with van der Waals surface area (Å²) in [4.78, 5) is 25.0. The van der Waals surface area contributed by atoms with Gasteiger partial charge in [0.1, 0.15) is 5.82 Å². The van der Waals surface area contributed by atoms with Gasteiger partial charge in [0.25, 0.3) is 5.91 Å². The Morgan fingerprint density at radius 1 is 0.931 bits per heavy atom. The number of carbonyl (C=O) groups excluding carboxylic acids is 1. The van der Waals surface area contributed by atoms with Gasteiger partial charge in [0.05, 0.1) is 6.54 Å². The van der Waals surface area contributed by atoms with Crippen LogP contribution in [-0.4, -0.2) is 25.4 Å². The molecule has 0 radical (unpaired) electrons. The summed E-state index contributed by atoms with van der Waals surface area (Å²) in [5.74, 6) is 0.329. The van der Waals surface area contributed by atoms with Gasteiger partial charge in [0, 0.05) is 36.0 Å². The van der Waals surface area contributed by atoms with Crippen LogP contribution in [0.1, 0.15) is 15.9 Å². The number of nitrogens with zero attached hydrogens (tertiary/aromatic N) is 4. The van der Waals surface area contributed by atoms with Crippen molar-refractivity contribution in [1.82, 2.24) is 19.5 Å². The number of hydrogen-bond donors (Lipinski definition) is 2. The highest BCUT2D eigenvalue weighted by molar-refractivity contribution is 6.03. The third kappa shape index (κ3) is 4.62. The van der Waals surface area contributed by atoms with Crippen LogP contribution in [0.3, 0.4) is 0 Å². The lowest BCUT2D eigenvalue weighted by Gasteiger charge is -2.10. The lowest BCUT2D eigenvalue weighted by Crippen LogP contribution is -2.16. The molecule has 4 rings (SSSR count). The molecule has 2 aromatic heterocycles. The topological polar surface area (TPSA) is 84.7 Å². The summed E-state index contributed by atoms with van der Waals surface area (Å²) in [6.45, 7) is 0.468. The minimum absolute atomic E-state index is 0.279. The Hall–Kier alpha value is -4.07. The van der Waals surface area contributed by atoms with Crippen molar-refractivity contribution in [3.63, 3.8) is 0 Å². The fraction of sp³-hybridized carbons (Fsp3) is 0.0476. The molecule has 7 nitrogen and oxygen atoms in total. The zero-order valence-electron chi connectivity index (χ0n) is 15.3. The summed E-state index contributed by atoms with van der Waals surface area (Å²) in [5, 5.41) is 5.86. The number of rotatable bonds is 6. The van der Waals surface area contributed by atoms with E-state index in [1.54, 1.807) is 71.8 Å². The third-order valence-electron chi connectivity index (χ3n) is 4.18. The quantitative estimate of drug-likeness (QED) is 0.524. The highest BCUT2D eigenvalue weighted by Gasteiger charge is 2.11. The molecule has 8 heteroatoms. The zero-order chi connectivity index (χ0) is 20.1. The van der Waals surface area contributed by atoms with Gasteiger partial charge in [-0.05, 0) is 48.0 Å². The predicted molar refractivity (Wildman–Crippen MR) is 107 cm³/mol. The van der Waals surface area contributed by atoms with Crippen molar-refractivity contribution in [2.45, 2.75) is 6.54 Å². The largest absolute Gasteiger partial charge is 0.324 e. The van der Waals surface area contributed by atoms with Crippen LogP contribution in [0.5, 0.6) is 0 Å². The summed E-state index contributed by atoms with van der Waals surface area (Å²) in [6.07, 6.45) is 6.65. The van der Waals surface area contributed by atoms with E-state index >= 15 is 0 Å². The zero-order valence-corrected chi connectivity index (χ0v) is 15.3. The molecule has 0 spiro atoms. The Bertz CT molecular complexity index is 1090. The van der Waals surface area contributed by atoms with E-state index in [1.807, 2.05) is 0 Å². The number of aromatic nitrogens is 4. The van der Waals surface area contributed by atoms with E-state index in [-0.39, 0.29) is 11.7 Å². The van der Waals surface area contributed by atoms with Gasteiger partial charge in [0.15, 0.2) is 0 Å². The fourth-order valence-electron chi connectivity index (χ4n) is 2.72. The van der Waals surface area contributed by atoms with Crippen LogP contribution >= 0.6 is 0 Å². The van der Waals surface area contributed by atoms with Gasteiger partial charge in [-0.25, -0.2) is 19.3 Å². The van der Waals surface area contributed by atoms with Gasteiger partial charge in [-0.15, -0.1) is 0 Å². The molecule has 0 saturated carbocycles. The number of halogens is 1. The predicted octanol–water partition coefficient (Wildman–Crippen LogP) is 3.86. The summed E-state index contributed by atoms with van der Waals surface area (Å²) in [6, 6.07) is 14.9. The van der Waals surface area contributed by atoms with Crippen molar-refractivity contribution in [1.29, 1.82) is 0 Å². The molecule has 29 heavy (non-hydrogen) atoms. The normalized spacial score (nSPS) is 10.5. The second-order valence-corrected chi connectivity index (χ2v) is 6.23. The number of hydrogen-bond acceptors (Lipinski definition) is 5. The van der Waals surface area contributed by atoms with Gasteiger partial charge in [-0.3, -0.25) is 10.1 Å². The Kier molecular flexibility index (Phi) is 5.24. The van der Waals surface area contributed by atoms with Crippen molar-refractivity contribution in [2.75, 3.05) is 10.6 Å². The van der Waals surface area contributed by atoms with Crippen LogP contribution in [-0.2, 0) is 6.54 Å². The van der Waals surface area contributed by atoms with Gasteiger partial charge in [0.2, 0.25) is 11.9 Å². The monoisotopic (exact) mass is 388 g/mol. The average molecular weight is 388 g/mol. The van der Waals surface area contributed by atoms with Crippen molar-refractivity contribution >= 4 is 23.5 Å². The van der Waals surface area contributed by atoms with E-state index in [4.69, 9.17) is 0 Å². The summed E-state index contributed by atoms with van der Waals surface area (Å²) in [7, 11) is 0. The molecule has 0 saturated heterocycles. The van der Waals surface area contributed by atoms with E-state index in [0.717, 1.165) is 11.3 Å². The van der Waals surface area contributed by atoms with Crippen LogP contribution in [0.25, 0.3) is 0 Å². The van der Waals surface area contributed by atoms with Gasteiger partial charge in [-0.2, -0.15) is 0 Å². The van der Waals surface area contributed by atoms with Crippen molar-refractivity contribution in [3.8, 4) is 0 Å². The molecule has 144 valence electrons. The molecule has 0 unspecified atom stereocenters. The van der Waals surface area contributed by atoms with Gasteiger partial charge < -0.3 is 9.88 Å². The van der Waals surface area contributed by atoms with E-state index in [0.29, 0.717) is 24.0 Å². The molecule has 0 aliphatic rings. The van der Waals surface area contributed by atoms with Crippen molar-refractivity contribution in [2.24, 2.45) is 0 Å². The standard InChI is InChI=1S/C21H17FN6O/c22-17-6-2-15(3-7-17)14-28-13-12-25-21(28)27-19(29)16-4-8-18(9-5-16)26-20-23-10-1-11-24-20/h1-13H,14H2,(H,23,24,26)(H,25,27,29). The van der Waals surface area contributed by atoms with Crippen LogP contribution in [0.2, 0.25) is 0 Å². The highest BCUT2D eigenvalue weighted by atomic mass is 19.1. The molecule has 0 aliphatic carbocycles. The first-order valence-corrected chi connectivity index (χ1v) is 8.88. The number of imidazole rings is 1. The van der Waals surface area contributed by atoms with E-state index in [1.165, 1.54) is 12.1 Å². The molecule has 0 fully saturated rings. The van der Waals surface area contributed by atoms with Gasteiger partial charge in [-0.1, -0.05) is 12.1 Å². The van der Waals surface area contributed by atoms with E-state index in [9.17, 15) is 9.18 Å². The number of anilines is 3. The number of amides is 1. The summed E-state index contributed by atoms with van der Waals surface area (Å²) in [5.41, 5.74) is 2.16. The molecule has 0 bridgehead atoms. The molecule has 4 aromatic rings. The lowest BCUT2D eigenvalue weighted by atomic mass is 10.2. The summed E-state index contributed by atoms with van der Waals surface area (Å²) < 4.78 is 14.9. The first-order chi connectivity index (χ1) is 14.2. The van der Waals surface area contributed by atoms with E-state index in [2.05, 4.69) is 25.6 Å². The Labute approximate surface area is 166 Å². The maximum Gasteiger partial charge on any atom is 0.257 e. The molecule has 0 aliphatic heterocycles. The number of nitrogens with one attached hydrogen (secondary N) is 2. The van der Waals surface area contributed by atoms with Gasteiger partial charge >= 0.3 is 0 Å². The molecular weight excluding hydrogens is 371 g/mol. The molecule has 1 amide bonds. The minimum atomic E-state index is -0.287. The molecule has 0 atom stereocenters. The maximum absolute atomic E-state index is 13.1. The van der Waals surface area contributed by atoms with Crippen molar-refractivity contribution < 1.29 is 9.18 Å². The van der Waals surface area contributed by atoms with Crippen LogP contribution < -0.4 is 10.6 Å². The Morgan fingerprint density at radius 2 is 1.66 bits per heavy atom. The molecule has 2 N–H and O–H groups in total. The second kappa shape index (κ2) is 8.30. The Balaban J connectivity index is 1.42. The third-order valence-corrected chi connectivity index (χ3v) is 4.18. The SMILES string of the molecule is O=C(Nc1nccn1Cc1ccc(F)cc1)c1ccc(Nc2ncccn2)cc1. The first-order valence-electron chi connectivity index (χ1n) is 8.88. The minimum Gasteiger partial charge on any atom is -0.324 e. The highest BCUT2D eigenvalue weighted by Crippen LogP contribution is 2.15. The van der Waals surface area contributed by atoms with E-state index < -0.39 is 0 Å². The van der Waals surface area contributed by atoms with Crippen LogP contribution in [0.15, 0.2) is 79.4 Å². The first kappa shape index (κ1) is 18.3. The fourth-order valence-corrected chi connectivity index (χ4v) is 2.72. The molecule has 2 aromatic carbocycles. The summed E-state index contributed by atoms with van der Waals surface area (Å²) >= 11 is 0. The van der Waals surface area contributed by atoms with Crippen LogP contribution in [0.4, 0.5) is 22.0 Å². The van der Waals surface area contributed by atoms with Crippen LogP contribution in [0, 0.1) is 5.82 Å². The maximum atomic E-state index is 13.1. The van der Waals surface area contributed by atoms with Crippen molar-refractivity contribution in [3.05, 3.63) is 96.3 Å². The smallest absolute Gasteiger partial charge is 0.257 e. The Morgan fingerprint density at radius 3 is 2.38 bits per heavy atom. The average Bonchev–Trinajstić information content (AvgIpc) is 3.17.